The van der Waals surface area contributed by atoms with Crippen LogP contribution < -0.4 is 11.1 Å². The van der Waals surface area contributed by atoms with Crippen LogP contribution in [0.1, 0.15) is 5.69 Å². The Balaban J connectivity index is 1.82. The highest BCUT2D eigenvalue weighted by Gasteiger charge is 1.99. The Morgan fingerprint density at radius 2 is 2.11 bits per heavy atom. The summed E-state index contributed by atoms with van der Waals surface area (Å²) in [5.74, 6) is 0.835. The van der Waals surface area contributed by atoms with Gasteiger partial charge in [0.25, 0.3) is 0 Å². The summed E-state index contributed by atoms with van der Waals surface area (Å²) in [5.41, 5.74) is 8.43. The predicted octanol–water partition coefficient (Wildman–Crippen LogP) is 2.15. The van der Waals surface area contributed by atoms with Crippen LogP contribution in [0.5, 0.6) is 0 Å². The van der Waals surface area contributed by atoms with Crippen LogP contribution in [0.15, 0.2) is 42.6 Å². The fraction of sp³-hybridized carbons (Fsp3) is 0.0769. The van der Waals surface area contributed by atoms with Crippen molar-refractivity contribution in [3.05, 3.63) is 48.3 Å². The number of hydrogen-bond donors (Lipinski definition) is 3. The van der Waals surface area contributed by atoms with Gasteiger partial charge in [0, 0.05) is 17.3 Å². The maximum atomic E-state index is 5.73. The summed E-state index contributed by atoms with van der Waals surface area (Å²) in [5, 5.41) is 11.1. The van der Waals surface area contributed by atoms with Gasteiger partial charge in [0.2, 0.25) is 0 Å². The van der Waals surface area contributed by atoms with E-state index in [4.69, 9.17) is 5.73 Å². The molecule has 0 aliphatic heterocycles. The molecule has 0 spiro atoms. The molecular weight excluding hydrogens is 226 g/mol. The van der Waals surface area contributed by atoms with Crippen LogP contribution in [-0.4, -0.2) is 15.2 Å². The number of fused-ring (bicyclic) bond motifs is 1. The van der Waals surface area contributed by atoms with Crippen molar-refractivity contribution in [3.63, 3.8) is 0 Å². The lowest BCUT2D eigenvalue weighted by Gasteiger charge is -2.05. The van der Waals surface area contributed by atoms with Gasteiger partial charge in [-0.05, 0) is 36.4 Å². The molecule has 0 saturated carbocycles. The summed E-state index contributed by atoms with van der Waals surface area (Å²) < 4.78 is 0. The van der Waals surface area contributed by atoms with Gasteiger partial charge in [0.1, 0.15) is 5.82 Å². The van der Waals surface area contributed by atoms with Crippen LogP contribution >= 0.6 is 0 Å². The molecule has 0 radical (unpaired) electrons. The summed E-state index contributed by atoms with van der Waals surface area (Å²) in [6.07, 6.45) is 1.73. The minimum Gasteiger partial charge on any atom is -0.399 e. The number of H-pyrrole nitrogens is 1. The number of pyridine rings is 1. The van der Waals surface area contributed by atoms with Crippen molar-refractivity contribution >= 4 is 22.4 Å². The molecule has 0 fully saturated rings. The summed E-state index contributed by atoms with van der Waals surface area (Å²) >= 11 is 0. The van der Waals surface area contributed by atoms with E-state index in [1.54, 1.807) is 6.20 Å². The molecule has 5 nitrogen and oxygen atoms in total. The molecule has 0 amide bonds. The van der Waals surface area contributed by atoms with Crippen LogP contribution in [0.3, 0.4) is 0 Å². The molecule has 2 heterocycles. The second-order valence-corrected chi connectivity index (χ2v) is 4.08. The van der Waals surface area contributed by atoms with E-state index in [2.05, 4.69) is 20.5 Å². The van der Waals surface area contributed by atoms with Gasteiger partial charge in [0.15, 0.2) is 0 Å². The van der Waals surface area contributed by atoms with Crippen LogP contribution in [0.4, 0.5) is 11.5 Å². The number of nitrogen functional groups attached to an aromatic ring is 1. The molecule has 0 aliphatic carbocycles. The summed E-state index contributed by atoms with van der Waals surface area (Å²) in [4.78, 5) is 4.51. The quantitative estimate of drug-likeness (QED) is 0.612. The third kappa shape index (κ3) is 2.10. The van der Waals surface area contributed by atoms with E-state index in [-0.39, 0.29) is 0 Å². The monoisotopic (exact) mass is 239 g/mol. The molecule has 3 rings (SSSR count). The molecule has 0 saturated heterocycles. The smallest absolute Gasteiger partial charge is 0.126 e. The lowest BCUT2D eigenvalue weighted by molar-refractivity contribution is 0.976. The number of rotatable bonds is 3. The lowest BCUT2D eigenvalue weighted by atomic mass is 10.2. The van der Waals surface area contributed by atoms with Crippen LogP contribution in [-0.2, 0) is 6.54 Å². The Bertz CT molecular complexity index is 660. The minimum absolute atomic E-state index is 0.674. The molecule has 0 aliphatic rings. The Labute approximate surface area is 104 Å². The lowest BCUT2D eigenvalue weighted by Crippen LogP contribution is -2.01. The van der Waals surface area contributed by atoms with E-state index >= 15 is 0 Å². The number of aromatic amines is 1. The number of hydrogen-bond acceptors (Lipinski definition) is 4. The third-order valence-electron chi connectivity index (χ3n) is 2.73. The van der Waals surface area contributed by atoms with Crippen molar-refractivity contribution in [3.8, 4) is 0 Å². The number of benzene rings is 1. The molecule has 3 aromatic rings. The van der Waals surface area contributed by atoms with Gasteiger partial charge in [-0.1, -0.05) is 0 Å². The highest BCUT2D eigenvalue weighted by Crippen LogP contribution is 2.18. The number of nitrogens with zero attached hydrogens (tertiary/aromatic N) is 2. The number of nitrogens with two attached hydrogens (primary N) is 1. The number of aromatic nitrogens is 3. The van der Waals surface area contributed by atoms with Gasteiger partial charge < -0.3 is 11.1 Å². The second kappa shape index (κ2) is 4.37. The average molecular weight is 239 g/mol. The molecule has 0 atom stereocenters. The van der Waals surface area contributed by atoms with E-state index in [1.807, 2.05) is 36.4 Å². The number of nitrogens with one attached hydrogen (secondary N) is 2. The Morgan fingerprint density at radius 3 is 2.94 bits per heavy atom. The largest absolute Gasteiger partial charge is 0.399 e. The van der Waals surface area contributed by atoms with Crippen molar-refractivity contribution in [1.82, 2.24) is 15.2 Å². The van der Waals surface area contributed by atoms with Gasteiger partial charge in [0.05, 0.1) is 17.8 Å². The third-order valence-corrected chi connectivity index (χ3v) is 2.73. The van der Waals surface area contributed by atoms with Gasteiger partial charge >= 0.3 is 0 Å². The first-order valence-corrected chi connectivity index (χ1v) is 5.70. The molecular formula is C13H13N5. The second-order valence-electron chi connectivity index (χ2n) is 4.08. The summed E-state index contributed by atoms with van der Waals surface area (Å²) in [6.45, 7) is 0.674. The first kappa shape index (κ1) is 10.6. The van der Waals surface area contributed by atoms with Crippen molar-refractivity contribution in [2.45, 2.75) is 6.54 Å². The SMILES string of the molecule is Nc1ccc2nc(NCc3ccn[nH]3)ccc2c1. The summed E-state index contributed by atoms with van der Waals surface area (Å²) in [6, 6.07) is 11.6. The first-order valence-electron chi connectivity index (χ1n) is 5.70. The van der Waals surface area contributed by atoms with Crippen molar-refractivity contribution in [2.24, 2.45) is 0 Å². The predicted molar refractivity (Wildman–Crippen MR) is 72.1 cm³/mol. The fourth-order valence-electron chi connectivity index (χ4n) is 1.81. The average Bonchev–Trinajstić information content (AvgIpc) is 2.89. The van der Waals surface area contributed by atoms with E-state index in [0.29, 0.717) is 6.54 Å². The first-order chi connectivity index (χ1) is 8.81. The Hall–Kier alpha value is -2.56. The molecule has 1 aromatic carbocycles. The Kier molecular flexibility index (Phi) is 2.57. The van der Waals surface area contributed by atoms with E-state index in [0.717, 1.165) is 28.1 Å². The van der Waals surface area contributed by atoms with Gasteiger partial charge in [-0.15, -0.1) is 0 Å². The zero-order chi connectivity index (χ0) is 12.4. The van der Waals surface area contributed by atoms with Crippen LogP contribution in [0, 0.1) is 0 Å². The van der Waals surface area contributed by atoms with E-state index in [9.17, 15) is 0 Å². The van der Waals surface area contributed by atoms with E-state index < -0.39 is 0 Å². The van der Waals surface area contributed by atoms with Crippen LogP contribution in [0.2, 0.25) is 0 Å². The molecule has 5 heteroatoms. The van der Waals surface area contributed by atoms with Gasteiger partial charge in [-0.2, -0.15) is 5.10 Å². The zero-order valence-electron chi connectivity index (χ0n) is 9.72. The van der Waals surface area contributed by atoms with Crippen LogP contribution in [0.25, 0.3) is 10.9 Å². The Morgan fingerprint density at radius 1 is 1.17 bits per heavy atom. The number of anilines is 2. The van der Waals surface area contributed by atoms with E-state index in [1.165, 1.54) is 0 Å². The normalized spacial score (nSPS) is 10.7. The molecule has 0 bridgehead atoms. The highest BCUT2D eigenvalue weighted by molar-refractivity contribution is 5.83. The molecule has 4 N–H and O–H groups in total. The van der Waals surface area contributed by atoms with Gasteiger partial charge in [-0.3, -0.25) is 5.10 Å². The minimum atomic E-state index is 0.674. The molecule has 90 valence electrons. The van der Waals surface area contributed by atoms with Crippen molar-refractivity contribution in [1.29, 1.82) is 0 Å². The highest BCUT2D eigenvalue weighted by atomic mass is 15.1. The maximum Gasteiger partial charge on any atom is 0.126 e. The zero-order valence-corrected chi connectivity index (χ0v) is 9.72. The van der Waals surface area contributed by atoms with Gasteiger partial charge in [-0.25, -0.2) is 4.98 Å². The van der Waals surface area contributed by atoms with Crippen molar-refractivity contribution in [2.75, 3.05) is 11.1 Å². The van der Waals surface area contributed by atoms with Crippen molar-refractivity contribution < 1.29 is 0 Å². The maximum absolute atomic E-state index is 5.73. The molecule has 2 aromatic heterocycles. The summed E-state index contributed by atoms with van der Waals surface area (Å²) in [7, 11) is 0. The topological polar surface area (TPSA) is 79.6 Å². The fourth-order valence-corrected chi connectivity index (χ4v) is 1.81. The standard InChI is InChI=1S/C13H13N5/c14-10-2-3-12-9(7-10)1-4-13(17-12)15-8-11-5-6-16-18-11/h1-7H,8,14H2,(H,15,17)(H,16,18). The molecule has 18 heavy (non-hydrogen) atoms. The molecule has 0 unspecified atom stereocenters.